The van der Waals surface area contributed by atoms with E-state index >= 15 is 0 Å². The average molecular weight is 192 g/mol. The van der Waals surface area contributed by atoms with Crippen LogP contribution in [0.15, 0.2) is 12.1 Å². The van der Waals surface area contributed by atoms with E-state index in [2.05, 4.69) is 0 Å². The fourth-order valence-electron chi connectivity index (χ4n) is 1.86. The molecule has 0 aliphatic heterocycles. The van der Waals surface area contributed by atoms with Gasteiger partial charge in [0.1, 0.15) is 5.82 Å². The highest BCUT2D eigenvalue weighted by Crippen LogP contribution is 2.28. The summed E-state index contributed by atoms with van der Waals surface area (Å²) >= 11 is 0. The molecule has 0 amide bonds. The lowest BCUT2D eigenvalue weighted by molar-refractivity contribution is 0.631. The van der Waals surface area contributed by atoms with E-state index in [1.54, 1.807) is 0 Å². The van der Waals surface area contributed by atoms with Crippen molar-refractivity contribution in [2.75, 3.05) is 5.73 Å². The highest BCUT2D eigenvalue weighted by atomic mass is 19.1. The monoisotopic (exact) mass is 192 g/mol. The first kappa shape index (κ1) is 9.06. The summed E-state index contributed by atoms with van der Waals surface area (Å²) in [5.41, 5.74) is 8.88. The first-order valence-corrected chi connectivity index (χ1v) is 4.53. The van der Waals surface area contributed by atoms with E-state index in [1.165, 1.54) is 6.07 Å². The zero-order chi connectivity index (χ0) is 10.5. The Hall–Kier alpha value is -1.51. The molecule has 1 heterocycles. The number of aryl methyl sites for hydroxylation is 2. The Kier molecular flexibility index (Phi) is 1.77. The third kappa shape index (κ3) is 1.02. The van der Waals surface area contributed by atoms with E-state index in [9.17, 15) is 4.39 Å². The van der Waals surface area contributed by atoms with Gasteiger partial charge in [-0.25, -0.2) is 4.39 Å². The van der Waals surface area contributed by atoms with Crippen molar-refractivity contribution in [3.05, 3.63) is 29.2 Å². The van der Waals surface area contributed by atoms with Gasteiger partial charge >= 0.3 is 0 Å². The van der Waals surface area contributed by atoms with Crippen molar-refractivity contribution in [2.24, 2.45) is 7.05 Å². The Morgan fingerprint density at radius 1 is 1.29 bits per heavy atom. The molecule has 0 aliphatic carbocycles. The van der Waals surface area contributed by atoms with Crippen LogP contribution in [0.5, 0.6) is 0 Å². The van der Waals surface area contributed by atoms with E-state index < -0.39 is 0 Å². The predicted octanol–water partition coefficient (Wildman–Crippen LogP) is 2.52. The lowest BCUT2D eigenvalue weighted by Gasteiger charge is -2.00. The minimum atomic E-state index is -0.251. The number of halogens is 1. The number of nitrogen functional groups attached to an aromatic ring is 1. The molecule has 0 saturated heterocycles. The summed E-state index contributed by atoms with van der Waals surface area (Å²) in [5, 5.41) is 0.905. The highest BCUT2D eigenvalue weighted by Gasteiger charge is 2.12. The molecule has 0 aliphatic rings. The van der Waals surface area contributed by atoms with E-state index in [1.807, 2.05) is 31.5 Å². The fraction of sp³-hybridized carbons (Fsp3) is 0.273. The molecule has 14 heavy (non-hydrogen) atoms. The molecule has 0 unspecified atom stereocenters. The van der Waals surface area contributed by atoms with Crippen LogP contribution in [0.1, 0.15) is 11.3 Å². The molecule has 2 rings (SSSR count). The molecule has 0 fully saturated rings. The molecule has 0 atom stereocenters. The Morgan fingerprint density at radius 2 is 1.93 bits per heavy atom. The first-order chi connectivity index (χ1) is 6.52. The van der Waals surface area contributed by atoms with Crippen molar-refractivity contribution < 1.29 is 4.39 Å². The second-order valence-electron chi connectivity index (χ2n) is 3.67. The first-order valence-electron chi connectivity index (χ1n) is 4.53. The second kappa shape index (κ2) is 2.74. The largest absolute Gasteiger partial charge is 0.399 e. The van der Waals surface area contributed by atoms with Gasteiger partial charge in [-0.2, -0.15) is 0 Å². The molecule has 2 N–H and O–H groups in total. The van der Waals surface area contributed by atoms with E-state index in [4.69, 9.17) is 5.73 Å². The summed E-state index contributed by atoms with van der Waals surface area (Å²) in [4.78, 5) is 0. The van der Waals surface area contributed by atoms with Crippen molar-refractivity contribution in [1.29, 1.82) is 0 Å². The Morgan fingerprint density at radius 3 is 2.57 bits per heavy atom. The number of hydrogen-bond donors (Lipinski definition) is 1. The summed E-state index contributed by atoms with van der Waals surface area (Å²) in [7, 11) is 1.87. The number of anilines is 1. The number of benzene rings is 1. The SMILES string of the molecule is Cc1c(C)n(C)c2c(F)cc(N)cc12. The molecule has 1 aromatic carbocycles. The number of aromatic nitrogens is 1. The van der Waals surface area contributed by atoms with Gasteiger partial charge in [-0.05, 0) is 31.5 Å². The lowest BCUT2D eigenvalue weighted by Crippen LogP contribution is -1.93. The fourth-order valence-corrected chi connectivity index (χ4v) is 1.86. The zero-order valence-electron chi connectivity index (χ0n) is 8.56. The van der Waals surface area contributed by atoms with Crippen molar-refractivity contribution in [3.8, 4) is 0 Å². The van der Waals surface area contributed by atoms with Crippen LogP contribution >= 0.6 is 0 Å². The van der Waals surface area contributed by atoms with Crippen LogP contribution in [0.2, 0.25) is 0 Å². The van der Waals surface area contributed by atoms with Gasteiger partial charge in [0.15, 0.2) is 0 Å². The number of nitrogens with zero attached hydrogens (tertiary/aromatic N) is 1. The van der Waals surface area contributed by atoms with Gasteiger partial charge < -0.3 is 10.3 Å². The van der Waals surface area contributed by atoms with Crippen LogP contribution in [-0.4, -0.2) is 4.57 Å². The number of rotatable bonds is 0. The van der Waals surface area contributed by atoms with Crippen molar-refractivity contribution in [3.63, 3.8) is 0 Å². The zero-order valence-corrected chi connectivity index (χ0v) is 8.56. The molecule has 74 valence electrons. The minimum absolute atomic E-state index is 0.251. The van der Waals surface area contributed by atoms with Gasteiger partial charge in [-0.3, -0.25) is 0 Å². The van der Waals surface area contributed by atoms with Gasteiger partial charge in [0.25, 0.3) is 0 Å². The number of nitrogens with two attached hydrogens (primary N) is 1. The van der Waals surface area contributed by atoms with Crippen LogP contribution in [0.4, 0.5) is 10.1 Å². The molecule has 2 aromatic rings. The molecule has 0 spiro atoms. The Labute approximate surface area is 82.1 Å². The summed E-state index contributed by atoms with van der Waals surface area (Å²) in [6.07, 6.45) is 0. The summed E-state index contributed by atoms with van der Waals surface area (Å²) in [5.74, 6) is -0.251. The van der Waals surface area contributed by atoms with Gasteiger partial charge in [0.05, 0.1) is 5.52 Å². The maximum absolute atomic E-state index is 13.6. The van der Waals surface area contributed by atoms with Gasteiger partial charge in [0.2, 0.25) is 0 Å². The third-order valence-corrected chi connectivity index (χ3v) is 2.87. The second-order valence-corrected chi connectivity index (χ2v) is 3.67. The number of fused-ring (bicyclic) bond motifs is 1. The van der Waals surface area contributed by atoms with Crippen LogP contribution in [0, 0.1) is 19.7 Å². The summed E-state index contributed by atoms with van der Waals surface area (Å²) < 4.78 is 15.5. The van der Waals surface area contributed by atoms with Gasteiger partial charge in [-0.1, -0.05) is 0 Å². The van der Waals surface area contributed by atoms with Crippen molar-refractivity contribution in [1.82, 2.24) is 4.57 Å². The quantitative estimate of drug-likeness (QED) is 0.639. The molecule has 2 nitrogen and oxygen atoms in total. The van der Waals surface area contributed by atoms with Crippen LogP contribution in [0.25, 0.3) is 10.9 Å². The smallest absolute Gasteiger partial charge is 0.149 e. The van der Waals surface area contributed by atoms with E-state index in [0.717, 1.165) is 16.6 Å². The van der Waals surface area contributed by atoms with Crippen LogP contribution < -0.4 is 5.73 Å². The molecular weight excluding hydrogens is 179 g/mol. The highest BCUT2D eigenvalue weighted by molar-refractivity contribution is 5.88. The lowest BCUT2D eigenvalue weighted by atomic mass is 10.1. The van der Waals surface area contributed by atoms with Gasteiger partial charge in [0, 0.05) is 23.8 Å². The van der Waals surface area contributed by atoms with Gasteiger partial charge in [-0.15, -0.1) is 0 Å². The average Bonchev–Trinajstić information content (AvgIpc) is 2.31. The third-order valence-electron chi connectivity index (χ3n) is 2.87. The standard InChI is InChI=1S/C11H13FN2/c1-6-7(2)14(3)11-9(6)4-8(13)5-10(11)12/h4-5H,13H2,1-3H3. The molecule has 1 aromatic heterocycles. The van der Waals surface area contributed by atoms with E-state index in [-0.39, 0.29) is 5.82 Å². The molecule has 0 saturated carbocycles. The Balaban J connectivity index is 3.02. The number of hydrogen-bond acceptors (Lipinski definition) is 1. The van der Waals surface area contributed by atoms with Crippen LogP contribution in [-0.2, 0) is 7.05 Å². The summed E-state index contributed by atoms with van der Waals surface area (Å²) in [6.45, 7) is 3.96. The maximum atomic E-state index is 13.6. The molecule has 0 bridgehead atoms. The van der Waals surface area contributed by atoms with Crippen molar-refractivity contribution >= 4 is 16.6 Å². The minimum Gasteiger partial charge on any atom is -0.399 e. The van der Waals surface area contributed by atoms with E-state index in [0.29, 0.717) is 11.2 Å². The van der Waals surface area contributed by atoms with Crippen LogP contribution in [0.3, 0.4) is 0 Å². The Bertz CT molecular complexity index is 512. The topological polar surface area (TPSA) is 30.9 Å². The molecule has 3 heteroatoms. The normalized spacial score (nSPS) is 11.1. The molecule has 0 radical (unpaired) electrons. The summed E-state index contributed by atoms with van der Waals surface area (Å²) in [6, 6.07) is 3.18. The maximum Gasteiger partial charge on any atom is 0.149 e. The molecular formula is C11H13FN2. The van der Waals surface area contributed by atoms with Crippen molar-refractivity contribution in [2.45, 2.75) is 13.8 Å². The predicted molar refractivity (Wildman–Crippen MR) is 56.8 cm³/mol.